The third-order valence-corrected chi connectivity index (χ3v) is 5.40. The van der Waals surface area contributed by atoms with Gasteiger partial charge in [-0.3, -0.25) is 9.78 Å². The molecule has 4 rings (SSSR count). The van der Waals surface area contributed by atoms with E-state index in [0.717, 1.165) is 23.2 Å². The van der Waals surface area contributed by atoms with Crippen molar-refractivity contribution in [1.29, 1.82) is 0 Å². The molecule has 1 unspecified atom stereocenters. The summed E-state index contributed by atoms with van der Waals surface area (Å²) in [7, 11) is 0. The van der Waals surface area contributed by atoms with E-state index in [0.29, 0.717) is 31.1 Å². The SMILES string of the molecule is O=C(CCc1ccccc1)N1CCOC(c2ccc(-c3cccc(Cl)c3)cn2)C1. The van der Waals surface area contributed by atoms with Gasteiger partial charge >= 0.3 is 0 Å². The molecule has 1 aromatic heterocycles. The molecule has 2 heterocycles. The first-order valence-electron chi connectivity index (χ1n) is 9.84. The zero-order valence-electron chi connectivity index (χ0n) is 16.1. The third kappa shape index (κ3) is 5.03. The minimum Gasteiger partial charge on any atom is -0.368 e. The van der Waals surface area contributed by atoms with E-state index in [4.69, 9.17) is 16.3 Å². The number of morpholine rings is 1. The van der Waals surface area contributed by atoms with E-state index < -0.39 is 0 Å². The summed E-state index contributed by atoms with van der Waals surface area (Å²) in [6.07, 6.45) is 2.91. The highest BCUT2D eigenvalue weighted by atomic mass is 35.5. The molecule has 3 aromatic rings. The van der Waals surface area contributed by atoms with Crippen LogP contribution in [0.2, 0.25) is 5.02 Å². The van der Waals surface area contributed by atoms with Gasteiger partial charge in [0.25, 0.3) is 0 Å². The second kappa shape index (κ2) is 9.21. The highest BCUT2D eigenvalue weighted by Gasteiger charge is 2.26. The van der Waals surface area contributed by atoms with Crippen LogP contribution in [0.25, 0.3) is 11.1 Å². The molecule has 1 atom stereocenters. The quantitative estimate of drug-likeness (QED) is 0.603. The fourth-order valence-electron chi connectivity index (χ4n) is 3.54. The predicted octanol–water partition coefficient (Wildman–Crippen LogP) is 4.93. The molecule has 1 saturated heterocycles. The first-order valence-corrected chi connectivity index (χ1v) is 10.2. The van der Waals surface area contributed by atoms with Crippen LogP contribution in [0.3, 0.4) is 0 Å². The number of amides is 1. The Morgan fingerprint density at radius 3 is 2.69 bits per heavy atom. The van der Waals surface area contributed by atoms with E-state index in [1.165, 1.54) is 5.56 Å². The van der Waals surface area contributed by atoms with Gasteiger partial charge in [-0.25, -0.2) is 0 Å². The number of aryl methyl sites for hydroxylation is 1. The Bertz CT molecular complexity index is 960. The van der Waals surface area contributed by atoms with Crippen LogP contribution in [-0.2, 0) is 16.0 Å². The van der Waals surface area contributed by atoms with E-state index in [2.05, 4.69) is 17.1 Å². The average molecular weight is 407 g/mol. The molecule has 1 amide bonds. The monoisotopic (exact) mass is 406 g/mol. The molecule has 1 aliphatic heterocycles. The van der Waals surface area contributed by atoms with Crippen LogP contribution in [0.15, 0.2) is 72.9 Å². The van der Waals surface area contributed by atoms with E-state index in [1.54, 1.807) is 0 Å². The molecular formula is C24H23ClN2O2. The van der Waals surface area contributed by atoms with Crippen molar-refractivity contribution >= 4 is 17.5 Å². The van der Waals surface area contributed by atoms with Gasteiger partial charge in [0.1, 0.15) is 6.10 Å². The fraction of sp³-hybridized carbons (Fsp3) is 0.250. The number of benzene rings is 2. The van der Waals surface area contributed by atoms with Crippen molar-refractivity contribution in [1.82, 2.24) is 9.88 Å². The second-order valence-corrected chi connectivity index (χ2v) is 7.60. The Morgan fingerprint density at radius 2 is 1.93 bits per heavy atom. The second-order valence-electron chi connectivity index (χ2n) is 7.17. The van der Waals surface area contributed by atoms with Crippen molar-refractivity contribution < 1.29 is 9.53 Å². The highest BCUT2D eigenvalue weighted by Crippen LogP contribution is 2.26. The Kier molecular flexibility index (Phi) is 6.23. The number of pyridine rings is 1. The maximum atomic E-state index is 12.7. The van der Waals surface area contributed by atoms with Gasteiger partial charge in [0.2, 0.25) is 5.91 Å². The molecule has 0 bridgehead atoms. The van der Waals surface area contributed by atoms with Gasteiger partial charge in [-0.05, 0) is 35.7 Å². The zero-order chi connectivity index (χ0) is 20.1. The topological polar surface area (TPSA) is 42.4 Å². The van der Waals surface area contributed by atoms with Gasteiger partial charge in [-0.1, -0.05) is 60.1 Å². The molecule has 1 aliphatic rings. The van der Waals surface area contributed by atoms with Gasteiger partial charge < -0.3 is 9.64 Å². The van der Waals surface area contributed by atoms with Crippen LogP contribution in [0.5, 0.6) is 0 Å². The molecule has 0 N–H and O–H groups in total. The minimum atomic E-state index is -0.196. The van der Waals surface area contributed by atoms with Crippen molar-refractivity contribution in [3.63, 3.8) is 0 Å². The van der Waals surface area contributed by atoms with E-state index in [-0.39, 0.29) is 12.0 Å². The molecule has 0 radical (unpaired) electrons. The standard InChI is InChI=1S/C24H23ClN2O2/c25-21-8-4-7-19(15-21)20-10-11-22(26-16-20)23-17-27(13-14-29-23)24(28)12-9-18-5-2-1-3-6-18/h1-8,10-11,15-16,23H,9,12-14,17H2. The van der Waals surface area contributed by atoms with Crippen molar-refractivity contribution in [2.45, 2.75) is 18.9 Å². The van der Waals surface area contributed by atoms with E-state index in [1.807, 2.05) is 65.7 Å². The van der Waals surface area contributed by atoms with Crippen LogP contribution in [0, 0.1) is 0 Å². The first-order chi connectivity index (χ1) is 14.2. The van der Waals surface area contributed by atoms with Crippen LogP contribution in [0.4, 0.5) is 0 Å². The fourth-order valence-corrected chi connectivity index (χ4v) is 3.73. The van der Waals surface area contributed by atoms with Crippen molar-refractivity contribution in [3.8, 4) is 11.1 Å². The molecule has 29 heavy (non-hydrogen) atoms. The molecule has 0 saturated carbocycles. The third-order valence-electron chi connectivity index (χ3n) is 5.16. The average Bonchev–Trinajstić information content (AvgIpc) is 2.78. The Balaban J connectivity index is 1.38. The lowest BCUT2D eigenvalue weighted by Gasteiger charge is -2.32. The number of halogens is 1. The van der Waals surface area contributed by atoms with Gasteiger partial charge in [0.05, 0.1) is 18.8 Å². The van der Waals surface area contributed by atoms with Crippen molar-refractivity contribution in [2.75, 3.05) is 19.7 Å². The lowest BCUT2D eigenvalue weighted by molar-refractivity contribution is -0.139. The summed E-state index contributed by atoms with van der Waals surface area (Å²) in [4.78, 5) is 19.1. The maximum Gasteiger partial charge on any atom is 0.223 e. The molecule has 148 valence electrons. The smallest absolute Gasteiger partial charge is 0.223 e. The Hall–Kier alpha value is -2.69. The molecule has 2 aromatic carbocycles. The maximum absolute atomic E-state index is 12.7. The summed E-state index contributed by atoms with van der Waals surface area (Å²) in [5, 5.41) is 0.701. The normalized spacial score (nSPS) is 16.6. The molecule has 5 heteroatoms. The minimum absolute atomic E-state index is 0.165. The molecule has 4 nitrogen and oxygen atoms in total. The Morgan fingerprint density at radius 1 is 1.07 bits per heavy atom. The molecule has 1 fully saturated rings. The zero-order valence-corrected chi connectivity index (χ0v) is 16.9. The number of nitrogens with zero attached hydrogens (tertiary/aromatic N) is 2. The molecule has 0 spiro atoms. The van der Waals surface area contributed by atoms with E-state index >= 15 is 0 Å². The number of aromatic nitrogens is 1. The van der Waals surface area contributed by atoms with Crippen LogP contribution >= 0.6 is 11.6 Å². The summed E-state index contributed by atoms with van der Waals surface area (Å²) in [5.41, 5.74) is 4.06. The number of hydrogen-bond donors (Lipinski definition) is 0. The summed E-state index contributed by atoms with van der Waals surface area (Å²) < 4.78 is 5.89. The van der Waals surface area contributed by atoms with E-state index in [9.17, 15) is 4.79 Å². The first kappa shape index (κ1) is 19.6. The lowest BCUT2D eigenvalue weighted by Crippen LogP contribution is -2.42. The number of ether oxygens (including phenoxy) is 1. The summed E-state index contributed by atoms with van der Waals surface area (Å²) in [6, 6.07) is 21.8. The van der Waals surface area contributed by atoms with Gasteiger partial charge in [-0.15, -0.1) is 0 Å². The predicted molar refractivity (Wildman–Crippen MR) is 115 cm³/mol. The largest absolute Gasteiger partial charge is 0.368 e. The van der Waals surface area contributed by atoms with Crippen molar-refractivity contribution in [3.05, 3.63) is 89.2 Å². The summed E-state index contributed by atoms with van der Waals surface area (Å²) in [6.45, 7) is 1.70. The lowest BCUT2D eigenvalue weighted by atomic mass is 10.1. The van der Waals surface area contributed by atoms with Crippen LogP contribution < -0.4 is 0 Å². The van der Waals surface area contributed by atoms with Gasteiger partial charge in [-0.2, -0.15) is 0 Å². The number of hydrogen-bond acceptors (Lipinski definition) is 3. The van der Waals surface area contributed by atoms with Gasteiger partial charge in [0, 0.05) is 29.7 Å². The van der Waals surface area contributed by atoms with Crippen molar-refractivity contribution in [2.24, 2.45) is 0 Å². The van der Waals surface area contributed by atoms with Crippen LogP contribution in [-0.4, -0.2) is 35.5 Å². The number of rotatable bonds is 5. The number of carbonyl (C=O) groups is 1. The summed E-state index contributed by atoms with van der Waals surface area (Å²) in [5.74, 6) is 0.165. The molecule has 0 aliphatic carbocycles. The Labute approximate surface area is 176 Å². The van der Waals surface area contributed by atoms with Crippen LogP contribution in [0.1, 0.15) is 23.8 Å². The molecular weight excluding hydrogens is 384 g/mol. The summed E-state index contributed by atoms with van der Waals surface area (Å²) >= 11 is 6.08. The highest BCUT2D eigenvalue weighted by molar-refractivity contribution is 6.30. The van der Waals surface area contributed by atoms with Gasteiger partial charge in [0.15, 0.2) is 0 Å². The number of carbonyl (C=O) groups excluding carboxylic acids is 1.